The van der Waals surface area contributed by atoms with Crippen LogP contribution < -0.4 is 0 Å². The van der Waals surface area contributed by atoms with Crippen LogP contribution >= 0.6 is 0 Å². The van der Waals surface area contributed by atoms with Gasteiger partial charge in [0.2, 0.25) is 5.91 Å². The van der Waals surface area contributed by atoms with Gasteiger partial charge >= 0.3 is 0 Å². The second-order valence-electron chi connectivity index (χ2n) is 6.95. The number of morpholine rings is 1. The largest absolute Gasteiger partial charge is 0.379 e. The molecule has 0 bridgehead atoms. The van der Waals surface area contributed by atoms with Crippen molar-refractivity contribution < 1.29 is 9.53 Å². The Labute approximate surface area is 144 Å². The lowest BCUT2D eigenvalue weighted by Crippen LogP contribution is -2.47. The van der Waals surface area contributed by atoms with Crippen molar-refractivity contribution >= 4 is 5.91 Å². The molecule has 6 heteroatoms. The molecule has 0 aliphatic carbocycles. The first-order valence-corrected chi connectivity index (χ1v) is 9.26. The highest BCUT2D eigenvalue weighted by Crippen LogP contribution is 2.26. The van der Waals surface area contributed by atoms with Crippen LogP contribution in [0.1, 0.15) is 32.0 Å². The lowest BCUT2D eigenvalue weighted by Gasteiger charge is -2.34. The molecule has 6 nitrogen and oxygen atoms in total. The van der Waals surface area contributed by atoms with Crippen LogP contribution in [-0.2, 0) is 16.1 Å². The first-order valence-electron chi connectivity index (χ1n) is 9.26. The average molecular weight is 334 g/mol. The van der Waals surface area contributed by atoms with Crippen molar-refractivity contribution in [3.05, 3.63) is 18.2 Å². The summed E-state index contributed by atoms with van der Waals surface area (Å²) >= 11 is 0. The molecule has 134 valence electrons. The van der Waals surface area contributed by atoms with Gasteiger partial charge in [0, 0.05) is 57.6 Å². The number of carbonyl (C=O) groups excluding carboxylic acids is 1. The average Bonchev–Trinajstić information content (AvgIpc) is 3.22. The number of aryl methyl sites for hydroxylation is 2. The molecular formula is C18H30N4O2. The van der Waals surface area contributed by atoms with E-state index in [0.717, 1.165) is 64.6 Å². The summed E-state index contributed by atoms with van der Waals surface area (Å²) in [5.74, 6) is 1.92. The number of nitrogens with zero attached hydrogens (tertiary/aromatic N) is 4. The minimum atomic E-state index is 0.307. The number of likely N-dealkylation sites (tertiary alicyclic amines) is 1. The molecule has 0 N–H and O–H groups in total. The van der Waals surface area contributed by atoms with E-state index in [4.69, 9.17) is 4.74 Å². The Morgan fingerprint density at radius 3 is 2.79 bits per heavy atom. The maximum Gasteiger partial charge on any atom is 0.222 e. The van der Waals surface area contributed by atoms with Crippen molar-refractivity contribution in [1.29, 1.82) is 0 Å². The van der Waals surface area contributed by atoms with Crippen molar-refractivity contribution in [1.82, 2.24) is 19.4 Å². The lowest BCUT2D eigenvalue weighted by atomic mass is 9.99. The molecule has 2 aliphatic rings. The van der Waals surface area contributed by atoms with E-state index < -0.39 is 0 Å². The molecule has 1 amide bonds. The predicted octanol–water partition coefficient (Wildman–Crippen LogP) is 1.54. The molecule has 3 rings (SSSR count). The Bertz CT molecular complexity index is 539. The molecule has 0 unspecified atom stereocenters. The van der Waals surface area contributed by atoms with Gasteiger partial charge in [-0.05, 0) is 19.3 Å². The summed E-state index contributed by atoms with van der Waals surface area (Å²) in [6, 6.07) is 0.513. The monoisotopic (exact) mass is 334 g/mol. The summed E-state index contributed by atoms with van der Waals surface area (Å²) in [6.07, 6.45) is 6.45. The number of carbonyl (C=O) groups is 1. The third-order valence-corrected chi connectivity index (χ3v) is 5.51. The van der Waals surface area contributed by atoms with Gasteiger partial charge in [0.25, 0.3) is 0 Å². The van der Waals surface area contributed by atoms with Gasteiger partial charge in [-0.15, -0.1) is 0 Å². The van der Waals surface area contributed by atoms with Gasteiger partial charge < -0.3 is 14.2 Å². The van der Waals surface area contributed by atoms with E-state index in [9.17, 15) is 4.79 Å². The smallest absolute Gasteiger partial charge is 0.222 e. The molecule has 0 saturated carbocycles. The third kappa shape index (κ3) is 3.98. The van der Waals surface area contributed by atoms with E-state index in [1.165, 1.54) is 0 Å². The lowest BCUT2D eigenvalue weighted by molar-refractivity contribution is -0.130. The summed E-state index contributed by atoms with van der Waals surface area (Å²) in [7, 11) is 0. The second kappa shape index (κ2) is 8.12. The summed E-state index contributed by atoms with van der Waals surface area (Å²) < 4.78 is 7.58. The summed E-state index contributed by atoms with van der Waals surface area (Å²) in [5, 5.41) is 0. The van der Waals surface area contributed by atoms with Crippen molar-refractivity contribution in [2.24, 2.45) is 5.92 Å². The maximum absolute atomic E-state index is 12.6. The van der Waals surface area contributed by atoms with Crippen LogP contribution in [0.4, 0.5) is 0 Å². The van der Waals surface area contributed by atoms with Crippen molar-refractivity contribution in [3.63, 3.8) is 0 Å². The molecule has 2 fully saturated rings. The highest BCUT2D eigenvalue weighted by Gasteiger charge is 2.37. The minimum Gasteiger partial charge on any atom is -0.379 e. The zero-order chi connectivity index (χ0) is 16.9. The number of amides is 1. The van der Waals surface area contributed by atoms with Gasteiger partial charge in [0.1, 0.15) is 5.82 Å². The molecule has 24 heavy (non-hydrogen) atoms. The highest BCUT2D eigenvalue weighted by molar-refractivity contribution is 5.76. The molecule has 2 saturated heterocycles. The fourth-order valence-corrected chi connectivity index (χ4v) is 3.98. The number of rotatable bonds is 6. The Kier molecular flexibility index (Phi) is 5.89. The number of hydrogen-bond acceptors (Lipinski definition) is 4. The van der Waals surface area contributed by atoms with E-state index in [1.54, 1.807) is 0 Å². The fourth-order valence-electron chi connectivity index (χ4n) is 3.98. The summed E-state index contributed by atoms with van der Waals surface area (Å²) in [4.78, 5) is 21.5. The highest BCUT2D eigenvalue weighted by atomic mass is 16.5. The van der Waals surface area contributed by atoms with Crippen molar-refractivity contribution in [2.75, 3.05) is 39.4 Å². The molecule has 3 heterocycles. The van der Waals surface area contributed by atoms with E-state index >= 15 is 0 Å². The molecule has 0 aromatic carbocycles. The molecule has 2 atom stereocenters. The second-order valence-corrected chi connectivity index (χ2v) is 6.95. The Morgan fingerprint density at radius 1 is 1.33 bits per heavy atom. The van der Waals surface area contributed by atoms with Crippen LogP contribution in [0.25, 0.3) is 0 Å². The van der Waals surface area contributed by atoms with Crippen LogP contribution in [0.2, 0.25) is 0 Å². The number of aromatic nitrogens is 2. The van der Waals surface area contributed by atoms with Gasteiger partial charge in [-0.3, -0.25) is 9.69 Å². The van der Waals surface area contributed by atoms with Crippen LogP contribution in [-0.4, -0.2) is 70.7 Å². The van der Waals surface area contributed by atoms with Gasteiger partial charge in [0.15, 0.2) is 0 Å². The maximum atomic E-state index is 12.6. The van der Waals surface area contributed by atoms with Gasteiger partial charge in [-0.2, -0.15) is 0 Å². The summed E-state index contributed by atoms with van der Waals surface area (Å²) in [5.41, 5.74) is 0. The SMILES string of the molecule is CC[C@H]1CN(C(=O)CCCn2ccnc2C)C[C@H]1N1CCOCC1. The zero-order valence-electron chi connectivity index (χ0n) is 15.0. The van der Waals surface area contributed by atoms with Crippen LogP contribution in [0.15, 0.2) is 12.4 Å². The third-order valence-electron chi connectivity index (χ3n) is 5.51. The molecule has 0 spiro atoms. The fraction of sp³-hybridized carbons (Fsp3) is 0.778. The predicted molar refractivity (Wildman–Crippen MR) is 92.7 cm³/mol. The Hall–Kier alpha value is -1.40. The normalized spacial score (nSPS) is 25.3. The van der Waals surface area contributed by atoms with E-state index in [-0.39, 0.29) is 0 Å². The van der Waals surface area contributed by atoms with Crippen molar-refractivity contribution in [3.8, 4) is 0 Å². The topological polar surface area (TPSA) is 50.6 Å². The number of hydrogen-bond donors (Lipinski definition) is 0. The Morgan fingerprint density at radius 2 is 2.12 bits per heavy atom. The van der Waals surface area contributed by atoms with E-state index in [1.807, 2.05) is 19.3 Å². The van der Waals surface area contributed by atoms with E-state index in [2.05, 4.69) is 26.3 Å². The standard InChI is InChI=1S/C18H30N4O2/c1-3-16-13-22(14-17(16)21-9-11-24-12-10-21)18(23)5-4-7-20-8-6-19-15(20)2/h6,8,16-17H,3-5,7,9-14H2,1-2H3/t16-,17+/m0/s1. The van der Waals surface area contributed by atoms with Crippen LogP contribution in [0.5, 0.6) is 0 Å². The minimum absolute atomic E-state index is 0.307. The molecule has 1 aromatic heterocycles. The molecular weight excluding hydrogens is 304 g/mol. The van der Waals surface area contributed by atoms with Crippen LogP contribution in [0.3, 0.4) is 0 Å². The number of ether oxygens (including phenoxy) is 1. The van der Waals surface area contributed by atoms with Gasteiger partial charge in [-0.25, -0.2) is 4.98 Å². The molecule has 2 aliphatic heterocycles. The number of imidazole rings is 1. The first-order chi connectivity index (χ1) is 11.7. The molecule has 1 aromatic rings. The van der Waals surface area contributed by atoms with Crippen molar-refractivity contribution in [2.45, 2.75) is 45.7 Å². The van der Waals surface area contributed by atoms with E-state index in [0.29, 0.717) is 24.3 Å². The first kappa shape index (κ1) is 17.4. The summed E-state index contributed by atoms with van der Waals surface area (Å²) in [6.45, 7) is 10.6. The van der Waals surface area contributed by atoms with Gasteiger partial charge in [0.05, 0.1) is 13.2 Å². The Balaban J connectivity index is 1.49. The van der Waals surface area contributed by atoms with Crippen LogP contribution in [0, 0.1) is 12.8 Å². The molecule has 0 radical (unpaired) electrons. The zero-order valence-corrected chi connectivity index (χ0v) is 15.0. The quantitative estimate of drug-likeness (QED) is 0.792. The van der Waals surface area contributed by atoms with Gasteiger partial charge in [-0.1, -0.05) is 13.3 Å².